The molecule has 1 atom stereocenters. The van der Waals surface area contributed by atoms with Crippen molar-refractivity contribution in [3.05, 3.63) is 59.1 Å². The fraction of sp³-hybridized carbons (Fsp3) is 0.333. The van der Waals surface area contributed by atoms with Crippen LogP contribution in [-0.2, 0) is 9.47 Å². The van der Waals surface area contributed by atoms with Crippen molar-refractivity contribution in [3.8, 4) is 0 Å². The normalized spacial score (nSPS) is 19.4. The molecule has 0 radical (unpaired) electrons. The summed E-state index contributed by atoms with van der Waals surface area (Å²) >= 11 is 0. The molecule has 90 valence electrons. The SMILES string of the molecule is COC1=CCC(c2ccc(C)cc2)C=C1OC. The van der Waals surface area contributed by atoms with Crippen LogP contribution in [0, 0.1) is 6.92 Å². The molecule has 0 amide bonds. The molecule has 0 aliphatic heterocycles. The van der Waals surface area contributed by atoms with Gasteiger partial charge >= 0.3 is 0 Å². The molecular weight excluding hydrogens is 212 g/mol. The van der Waals surface area contributed by atoms with Crippen LogP contribution >= 0.6 is 0 Å². The highest BCUT2D eigenvalue weighted by Gasteiger charge is 2.18. The van der Waals surface area contributed by atoms with Crippen molar-refractivity contribution < 1.29 is 9.47 Å². The summed E-state index contributed by atoms with van der Waals surface area (Å²) in [5.74, 6) is 2.03. The van der Waals surface area contributed by atoms with Crippen LogP contribution in [0.4, 0.5) is 0 Å². The van der Waals surface area contributed by atoms with Gasteiger partial charge in [-0.3, -0.25) is 0 Å². The van der Waals surface area contributed by atoms with Gasteiger partial charge in [0.2, 0.25) is 0 Å². The van der Waals surface area contributed by atoms with Gasteiger partial charge in [-0.25, -0.2) is 0 Å². The summed E-state index contributed by atoms with van der Waals surface area (Å²) in [6.45, 7) is 2.10. The Morgan fingerprint density at radius 2 is 1.65 bits per heavy atom. The Balaban J connectivity index is 2.23. The lowest BCUT2D eigenvalue weighted by molar-refractivity contribution is 0.214. The first-order valence-corrected chi connectivity index (χ1v) is 5.81. The first-order chi connectivity index (χ1) is 8.24. The van der Waals surface area contributed by atoms with Gasteiger partial charge < -0.3 is 9.47 Å². The zero-order chi connectivity index (χ0) is 12.3. The maximum atomic E-state index is 5.34. The molecule has 0 heterocycles. The number of ether oxygens (including phenoxy) is 2. The highest BCUT2D eigenvalue weighted by atomic mass is 16.5. The quantitative estimate of drug-likeness (QED) is 0.790. The fourth-order valence-corrected chi connectivity index (χ4v) is 2.07. The largest absolute Gasteiger partial charge is 0.493 e. The van der Waals surface area contributed by atoms with Crippen molar-refractivity contribution in [2.24, 2.45) is 0 Å². The van der Waals surface area contributed by atoms with E-state index in [1.807, 2.05) is 0 Å². The number of hydrogen-bond acceptors (Lipinski definition) is 2. The van der Waals surface area contributed by atoms with Gasteiger partial charge in [0.1, 0.15) is 0 Å². The van der Waals surface area contributed by atoms with Crippen LogP contribution in [0.5, 0.6) is 0 Å². The van der Waals surface area contributed by atoms with E-state index in [1.165, 1.54) is 11.1 Å². The zero-order valence-corrected chi connectivity index (χ0v) is 10.6. The van der Waals surface area contributed by atoms with Crippen molar-refractivity contribution in [1.29, 1.82) is 0 Å². The number of benzene rings is 1. The van der Waals surface area contributed by atoms with Crippen LogP contribution < -0.4 is 0 Å². The molecule has 0 bridgehead atoms. The predicted molar refractivity (Wildman–Crippen MR) is 68.7 cm³/mol. The molecule has 1 aliphatic rings. The molecule has 1 aliphatic carbocycles. The first kappa shape index (κ1) is 11.8. The number of aryl methyl sites for hydroxylation is 1. The van der Waals surface area contributed by atoms with Crippen LogP contribution in [0.25, 0.3) is 0 Å². The van der Waals surface area contributed by atoms with Crippen LogP contribution in [0.1, 0.15) is 23.5 Å². The average Bonchev–Trinajstić information content (AvgIpc) is 2.39. The molecule has 2 heteroatoms. The molecule has 0 spiro atoms. The molecule has 0 fully saturated rings. The van der Waals surface area contributed by atoms with Crippen LogP contribution in [0.3, 0.4) is 0 Å². The Kier molecular flexibility index (Phi) is 3.52. The van der Waals surface area contributed by atoms with E-state index in [0.717, 1.165) is 17.9 Å². The summed E-state index contributed by atoms with van der Waals surface area (Å²) in [5, 5.41) is 0. The summed E-state index contributed by atoms with van der Waals surface area (Å²) in [4.78, 5) is 0. The van der Waals surface area contributed by atoms with Gasteiger partial charge in [-0.2, -0.15) is 0 Å². The van der Waals surface area contributed by atoms with Gasteiger partial charge in [-0.1, -0.05) is 29.8 Å². The highest BCUT2D eigenvalue weighted by Crippen LogP contribution is 2.31. The summed E-state index contributed by atoms with van der Waals surface area (Å²) < 4.78 is 10.6. The zero-order valence-electron chi connectivity index (χ0n) is 10.6. The topological polar surface area (TPSA) is 18.5 Å². The number of allylic oxidation sites excluding steroid dienone is 2. The van der Waals surface area contributed by atoms with E-state index in [-0.39, 0.29) is 0 Å². The second-order valence-electron chi connectivity index (χ2n) is 4.26. The van der Waals surface area contributed by atoms with Crippen molar-refractivity contribution in [1.82, 2.24) is 0 Å². The van der Waals surface area contributed by atoms with Gasteiger partial charge in [0, 0.05) is 5.92 Å². The van der Waals surface area contributed by atoms with Gasteiger partial charge in [0.05, 0.1) is 14.2 Å². The smallest absolute Gasteiger partial charge is 0.157 e. The molecule has 0 N–H and O–H groups in total. The average molecular weight is 230 g/mol. The number of rotatable bonds is 3. The van der Waals surface area contributed by atoms with Crippen molar-refractivity contribution in [2.75, 3.05) is 14.2 Å². The Hall–Kier alpha value is -1.70. The van der Waals surface area contributed by atoms with Crippen LogP contribution in [-0.4, -0.2) is 14.2 Å². The van der Waals surface area contributed by atoms with E-state index < -0.39 is 0 Å². The Bertz CT molecular complexity index is 440. The number of hydrogen-bond donors (Lipinski definition) is 0. The van der Waals surface area contributed by atoms with Gasteiger partial charge in [-0.05, 0) is 31.1 Å². The third-order valence-corrected chi connectivity index (χ3v) is 3.10. The molecule has 17 heavy (non-hydrogen) atoms. The molecule has 2 rings (SSSR count). The van der Waals surface area contributed by atoms with E-state index in [4.69, 9.17) is 9.47 Å². The molecular formula is C15H18O2. The first-order valence-electron chi connectivity index (χ1n) is 5.81. The highest BCUT2D eigenvalue weighted by molar-refractivity contribution is 5.35. The molecule has 1 aromatic carbocycles. The van der Waals surface area contributed by atoms with E-state index in [9.17, 15) is 0 Å². The lowest BCUT2D eigenvalue weighted by Crippen LogP contribution is -2.06. The third kappa shape index (κ3) is 2.52. The lowest BCUT2D eigenvalue weighted by Gasteiger charge is -2.20. The summed E-state index contributed by atoms with van der Waals surface area (Å²) in [5.41, 5.74) is 2.60. The minimum atomic E-state index is 0.379. The molecule has 0 aromatic heterocycles. The standard InChI is InChI=1S/C15H18O2/c1-11-4-6-12(7-5-11)13-8-9-14(16-2)15(10-13)17-3/h4-7,9-10,13H,8H2,1-3H3. The molecule has 2 nitrogen and oxygen atoms in total. The third-order valence-electron chi connectivity index (χ3n) is 3.10. The molecule has 1 aromatic rings. The van der Waals surface area contributed by atoms with Crippen molar-refractivity contribution in [3.63, 3.8) is 0 Å². The predicted octanol–water partition coefficient (Wildman–Crippen LogP) is 3.54. The van der Waals surface area contributed by atoms with Gasteiger partial charge in [0.25, 0.3) is 0 Å². The van der Waals surface area contributed by atoms with Crippen molar-refractivity contribution in [2.45, 2.75) is 19.3 Å². The Morgan fingerprint density at radius 1 is 1.00 bits per heavy atom. The van der Waals surface area contributed by atoms with E-state index in [1.54, 1.807) is 14.2 Å². The second-order valence-corrected chi connectivity index (χ2v) is 4.26. The molecule has 0 saturated heterocycles. The molecule has 1 unspecified atom stereocenters. The second kappa shape index (κ2) is 5.09. The lowest BCUT2D eigenvalue weighted by atomic mass is 9.91. The van der Waals surface area contributed by atoms with Crippen molar-refractivity contribution >= 4 is 0 Å². The summed E-state index contributed by atoms with van der Waals surface area (Å²) in [6, 6.07) is 8.64. The van der Waals surface area contributed by atoms with Crippen LogP contribution in [0.15, 0.2) is 47.9 Å². The Morgan fingerprint density at radius 3 is 2.24 bits per heavy atom. The van der Waals surface area contributed by atoms with E-state index >= 15 is 0 Å². The fourth-order valence-electron chi connectivity index (χ4n) is 2.07. The minimum absolute atomic E-state index is 0.379. The summed E-state index contributed by atoms with van der Waals surface area (Å²) in [6.07, 6.45) is 5.17. The number of methoxy groups -OCH3 is 2. The minimum Gasteiger partial charge on any atom is -0.493 e. The van der Waals surface area contributed by atoms with Gasteiger partial charge in [0.15, 0.2) is 11.5 Å². The van der Waals surface area contributed by atoms with E-state index in [0.29, 0.717) is 5.92 Å². The van der Waals surface area contributed by atoms with Gasteiger partial charge in [-0.15, -0.1) is 0 Å². The summed E-state index contributed by atoms with van der Waals surface area (Å²) in [7, 11) is 3.35. The Labute approximate surface area is 103 Å². The maximum absolute atomic E-state index is 5.34. The van der Waals surface area contributed by atoms with E-state index in [2.05, 4.69) is 43.3 Å². The maximum Gasteiger partial charge on any atom is 0.157 e. The molecule has 0 saturated carbocycles. The van der Waals surface area contributed by atoms with Crippen LogP contribution in [0.2, 0.25) is 0 Å². The monoisotopic (exact) mass is 230 g/mol.